The van der Waals surface area contributed by atoms with E-state index in [1.807, 2.05) is 11.8 Å². The van der Waals surface area contributed by atoms with Gasteiger partial charge >= 0.3 is 0 Å². The van der Waals surface area contributed by atoms with Gasteiger partial charge in [-0.25, -0.2) is 0 Å². The lowest BCUT2D eigenvalue weighted by molar-refractivity contribution is 0.450. The Morgan fingerprint density at radius 1 is 1.78 bits per heavy atom. The quantitative estimate of drug-likeness (QED) is 0.539. The fourth-order valence-electron chi connectivity index (χ4n) is 0.885. The van der Waals surface area contributed by atoms with Crippen LogP contribution in [0.3, 0.4) is 0 Å². The van der Waals surface area contributed by atoms with Crippen molar-refractivity contribution in [1.82, 2.24) is 4.90 Å². The molecule has 1 rings (SSSR count). The van der Waals surface area contributed by atoms with Crippen LogP contribution < -0.4 is 0 Å². The topological polar surface area (TPSA) is 3.24 Å². The molecule has 0 aromatic heterocycles. The normalized spacial score (nSPS) is 20.6. The highest BCUT2D eigenvalue weighted by atomic mass is 32.2. The summed E-state index contributed by atoms with van der Waals surface area (Å²) in [4.78, 5) is 2.25. The van der Waals surface area contributed by atoms with Gasteiger partial charge in [0.05, 0.1) is 0 Å². The van der Waals surface area contributed by atoms with E-state index < -0.39 is 0 Å². The van der Waals surface area contributed by atoms with Gasteiger partial charge in [0.15, 0.2) is 0 Å². The van der Waals surface area contributed by atoms with E-state index in [1.165, 1.54) is 18.7 Å². The molecule has 0 bridgehead atoms. The zero-order valence-corrected chi connectivity index (χ0v) is 7.23. The first-order chi connectivity index (χ1) is 4.34. The molecule has 1 nitrogen and oxygen atoms in total. The van der Waals surface area contributed by atoms with Crippen LogP contribution in [0.15, 0.2) is 0 Å². The lowest BCUT2D eigenvalue weighted by atomic mass is 10.4. The summed E-state index contributed by atoms with van der Waals surface area (Å²) < 4.78 is 1.09. The van der Waals surface area contributed by atoms with Gasteiger partial charge in [-0.1, -0.05) is 24.0 Å². The molecule has 9 heavy (non-hydrogen) atoms. The molecular formula is C6H11NS2. The van der Waals surface area contributed by atoms with Gasteiger partial charge in [0.25, 0.3) is 0 Å². The number of nitrogens with zero attached hydrogens (tertiary/aromatic N) is 1. The zero-order chi connectivity index (χ0) is 6.69. The molecule has 1 saturated heterocycles. The fourth-order valence-corrected chi connectivity index (χ4v) is 2.21. The molecule has 1 fully saturated rings. The Kier molecular flexibility index (Phi) is 2.79. The third-order valence-corrected chi connectivity index (χ3v) is 3.05. The van der Waals surface area contributed by atoms with E-state index in [0.29, 0.717) is 0 Å². The molecule has 0 aliphatic carbocycles. The second kappa shape index (κ2) is 3.42. The summed E-state index contributed by atoms with van der Waals surface area (Å²) in [6.07, 6.45) is 1.29. The van der Waals surface area contributed by atoms with E-state index in [1.54, 1.807) is 0 Å². The molecule has 0 radical (unpaired) electrons. The Bertz CT molecular complexity index is 114. The largest absolute Gasteiger partial charge is 0.358 e. The van der Waals surface area contributed by atoms with Gasteiger partial charge in [-0.3, -0.25) is 0 Å². The summed E-state index contributed by atoms with van der Waals surface area (Å²) in [6.45, 7) is 4.40. The molecule has 0 aromatic rings. The van der Waals surface area contributed by atoms with Crippen LogP contribution in [0.2, 0.25) is 0 Å². The van der Waals surface area contributed by atoms with Crippen molar-refractivity contribution in [3.05, 3.63) is 0 Å². The maximum absolute atomic E-state index is 5.12. The smallest absolute Gasteiger partial charge is 0.136 e. The van der Waals surface area contributed by atoms with Crippen molar-refractivity contribution in [2.24, 2.45) is 0 Å². The van der Waals surface area contributed by atoms with Gasteiger partial charge in [0.1, 0.15) is 4.32 Å². The van der Waals surface area contributed by atoms with Crippen molar-refractivity contribution in [2.75, 3.05) is 18.8 Å². The summed E-state index contributed by atoms with van der Waals surface area (Å²) in [5.74, 6) is 1.22. The molecule has 0 N–H and O–H groups in total. The summed E-state index contributed by atoms with van der Waals surface area (Å²) in [6, 6.07) is 0. The second-order valence-electron chi connectivity index (χ2n) is 2.05. The second-order valence-corrected chi connectivity index (χ2v) is 3.78. The molecule has 1 aliphatic rings. The van der Waals surface area contributed by atoms with E-state index in [0.717, 1.165) is 10.9 Å². The van der Waals surface area contributed by atoms with Gasteiger partial charge < -0.3 is 4.90 Å². The SMILES string of the molecule is CCN1CCCSC1=S. The van der Waals surface area contributed by atoms with Gasteiger partial charge in [-0.15, -0.1) is 0 Å². The highest BCUT2D eigenvalue weighted by Crippen LogP contribution is 2.16. The lowest BCUT2D eigenvalue weighted by Crippen LogP contribution is -2.32. The van der Waals surface area contributed by atoms with Gasteiger partial charge in [-0.05, 0) is 13.3 Å². The van der Waals surface area contributed by atoms with Crippen molar-refractivity contribution in [2.45, 2.75) is 13.3 Å². The lowest BCUT2D eigenvalue weighted by Gasteiger charge is -2.26. The van der Waals surface area contributed by atoms with Gasteiger partial charge in [-0.2, -0.15) is 0 Å². The molecule has 0 saturated carbocycles. The number of rotatable bonds is 1. The van der Waals surface area contributed by atoms with Crippen LogP contribution in [0.25, 0.3) is 0 Å². The zero-order valence-electron chi connectivity index (χ0n) is 5.59. The summed E-state index contributed by atoms with van der Waals surface area (Å²) in [7, 11) is 0. The van der Waals surface area contributed by atoms with E-state index in [-0.39, 0.29) is 0 Å². The third-order valence-electron chi connectivity index (χ3n) is 1.44. The molecule has 1 aliphatic heterocycles. The molecular weight excluding hydrogens is 150 g/mol. The minimum absolute atomic E-state index is 1.08. The minimum atomic E-state index is 1.08. The van der Waals surface area contributed by atoms with E-state index in [9.17, 15) is 0 Å². The van der Waals surface area contributed by atoms with Crippen molar-refractivity contribution in [3.63, 3.8) is 0 Å². The summed E-state index contributed by atoms with van der Waals surface area (Å²) in [5, 5.41) is 0. The molecule has 0 spiro atoms. The average molecular weight is 161 g/mol. The molecule has 0 aromatic carbocycles. The first-order valence-corrected chi connectivity index (χ1v) is 4.65. The van der Waals surface area contributed by atoms with Crippen LogP contribution in [-0.4, -0.2) is 28.1 Å². The number of hydrogen-bond acceptors (Lipinski definition) is 2. The first-order valence-electron chi connectivity index (χ1n) is 3.26. The molecule has 0 unspecified atom stereocenters. The van der Waals surface area contributed by atoms with E-state index >= 15 is 0 Å². The predicted molar refractivity (Wildman–Crippen MR) is 46.9 cm³/mol. The molecule has 52 valence electrons. The standard InChI is InChI=1S/C6H11NS2/c1-2-7-4-3-5-9-6(7)8/h2-5H2,1H3. The monoisotopic (exact) mass is 161 g/mol. The van der Waals surface area contributed by atoms with Crippen LogP contribution in [0.1, 0.15) is 13.3 Å². The molecule has 0 atom stereocenters. The number of hydrogen-bond donors (Lipinski definition) is 0. The number of thioether (sulfide) groups is 1. The maximum atomic E-state index is 5.12. The molecule has 1 heterocycles. The Morgan fingerprint density at radius 3 is 3.00 bits per heavy atom. The third kappa shape index (κ3) is 1.83. The van der Waals surface area contributed by atoms with Crippen LogP contribution >= 0.6 is 24.0 Å². The van der Waals surface area contributed by atoms with E-state index in [2.05, 4.69) is 11.8 Å². The minimum Gasteiger partial charge on any atom is -0.358 e. The van der Waals surface area contributed by atoms with Crippen LogP contribution in [0, 0.1) is 0 Å². The Balaban J connectivity index is 2.39. The van der Waals surface area contributed by atoms with Gasteiger partial charge in [0.2, 0.25) is 0 Å². The van der Waals surface area contributed by atoms with E-state index in [4.69, 9.17) is 12.2 Å². The Hall–Kier alpha value is 0.240. The Morgan fingerprint density at radius 2 is 2.56 bits per heavy atom. The van der Waals surface area contributed by atoms with Crippen LogP contribution in [0.4, 0.5) is 0 Å². The summed E-state index contributed by atoms with van der Waals surface area (Å²) >= 11 is 6.92. The van der Waals surface area contributed by atoms with Crippen LogP contribution in [0.5, 0.6) is 0 Å². The first kappa shape index (κ1) is 7.35. The summed E-state index contributed by atoms with van der Waals surface area (Å²) in [5.41, 5.74) is 0. The molecule has 3 heteroatoms. The van der Waals surface area contributed by atoms with Crippen molar-refractivity contribution in [1.29, 1.82) is 0 Å². The maximum Gasteiger partial charge on any atom is 0.136 e. The number of thiocarbonyl (C=S) groups is 1. The van der Waals surface area contributed by atoms with Crippen molar-refractivity contribution >= 4 is 28.3 Å². The Labute approximate surface area is 65.8 Å². The highest BCUT2D eigenvalue weighted by Gasteiger charge is 2.11. The van der Waals surface area contributed by atoms with Crippen molar-refractivity contribution in [3.8, 4) is 0 Å². The van der Waals surface area contributed by atoms with Gasteiger partial charge in [0, 0.05) is 18.8 Å². The predicted octanol–water partition coefficient (Wildman–Crippen LogP) is 1.73. The van der Waals surface area contributed by atoms with Crippen molar-refractivity contribution < 1.29 is 0 Å². The van der Waals surface area contributed by atoms with Crippen LogP contribution in [-0.2, 0) is 0 Å². The highest BCUT2D eigenvalue weighted by molar-refractivity contribution is 8.22. The fraction of sp³-hybridized carbons (Fsp3) is 0.833. The average Bonchev–Trinajstić information content (AvgIpc) is 1.89. The molecule has 0 amide bonds.